The highest BCUT2D eigenvalue weighted by molar-refractivity contribution is 5.81. The number of pyridine rings is 2. The zero-order valence-electron chi connectivity index (χ0n) is 15.5. The van der Waals surface area contributed by atoms with E-state index in [1.54, 1.807) is 12.4 Å². The molecule has 1 aliphatic rings. The Balaban J connectivity index is 1.93. The summed E-state index contributed by atoms with van der Waals surface area (Å²) in [7, 11) is 0. The molecule has 1 atom stereocenters. The summed E-state index contributed by atoms with van der Waals surface area (Å²) in [5, 5.41) is 12.8. The molecular formula is C24H17N3O2. The Bertz CT molecular complexity index is 1190. The molecule has 0 saturated carbocycles. The summed E-state index contributed by atoms with van der Waals surface area (Å²) in [5.74, 6) is 0. The first-order valence-electron chi connectivity index (χ1n) is 9.41. The Morgan fingerprint density at radius 3 is 2.24 bits per heavy atom. The molecule has 0 radical (unpaired) electrons. The topological polar surface area (TPSA) is 68.9 Å². The minimum absolute atomic E-state index is 0.174. The first-order valence-corrected chi connectivity index (χ1v) is 9.41. The highest BCUT2D eigenvalue weighted by Crippen LogP contribution is 2.49. The molecule has 0 aliphatic heterocycles. The van der Waals surface area contributed by atoms with Gasteiger partial charge in [-0.3, -0.25) is 20.1 Å². The summed E-state index contributed by atoms with van der Waals surface area (Å²) in [6.45, 7) is 0. The van der Waals surface area contributed by atoms with E-state index < -0.39 is 5.54 Å². The maximum atomic E-state index is 12.8. The van der Waals surface area contributed by atoms with E-state index in [-0.39, 0.29) is 11.3 Å². The van der Waals surface area contributed by atoms with Crippen LogP contribution >= 0.6 is 0 Å². The molecule has 140 valence electrons. The molecule has 0 spiro atoms. The Morgan fingerprint density at radius 1 is 0.793 bits per heavy atom. The Kier molecular flexibility index (Phi) is 3.95. The van der Waals surface area contributed by atoms with Gasteiger partial charge in [-0.25, -0.2) is 0 Å². The van der Waals surface area contributed by atoms with Gasteiger partial charge in [0.15, 0.2) is 0 Å². The number of hydrogen-bond donors (Lipinski definition) is 0. The molecule has 1 aliphatic carbocycles. The average molecular weight is 379 g/mol. The summed E-state index contributed by atoms with van der Waals surface area (Å²) < 4.78 is 0. The molecule has 5 heteroatoms. The van der Waals surface area contributed by atoms with Gasteiger partial charge in [-0.05, 0) is 29.3 Å². The Labute approximate surface area is 167 Å². The fraction of sp³-hybridized carbons (Fsp3) is 0.0833. The van der Waals surface area contributed by atoms with Crippen LogP contribution in [0.4, 0.5) is 0 Å². The summed E-state index contributed by atoms with van der Waals surface area (Å²) in [6, 6.07) is 24.6. The van der Waals surface area contributed by atoms with Crippen molar-refractivity contribution in [3.63, 3.8) is 0 Å². The van der Waals surface area contributed by atoms with Crippen molar-refractivity contribution in [2.75, 3.05) is 0 Å². The number of aromatic nitrogens is 2. The van der Waals surface area contributed by atoms with Crippen LogP contribution in [0, 0.1) is 10.1 Å². The third kappa shape index (κ3) is 2.55. The van der Waals surface area contributed by atoms with E-state index in [0.29, 0.717) is 22.5 Å². The van der Waals surface area contributed by atoms with E-state index in [9.17, 15) is 10.1 Å². The highest BCUT2D eigenvalue weighted by Gasteiger charge is 2.53. The first-order chi connectivity index (χ1) is 14.2. The number of benzene rings is 2. The molecule has 1 unspecified atom stereocenters. The van der Waals surface area contributed by atoms with Crippen molar-refractivity contribution >= 4 is 0 Å². The second-order valence-electron chi connectivity index (χ2n) is 7.11. The van der Waals surface area contributed by atoms with E-state index in [1.807, 2.05) is 78.9 Å². The Hall–Kier alpha value is -3.86. The van der Waals surface area contributed by atoms with Crippen LogP contribution < -0.4 is 0 Å². The predicted octanol–water partition coefficient (Wildman–Crippen LogP) is 4.89. The fourth-order valence-electron chi connectivity index (χ4n) is 4.29. The summed E-state index contributed by atoms with van der Waals surface area (Å²) >= 11 is 0. The van der Waals surface area contributed by atoms with Crippen LogP contribution in [-0.2, 0) is 12.0 Å². The highest BCUT2D eigenvalue weighted by atomic mass is 16.6. The third-order valence-electron chi connectivity index (χ3n) is 5.58. The lowest BCUT2D eigenvalue weighted by Gasteiger charge is -2.33. The van der Waals surface area contributed by atoms with Crippen LogP contribution in [0.1, 0.15) is 16.8 Å². The van der Waals surface area contributed by atoms with Crippen molar-refractivity contribution in [3.8, 4) is 22.4 Å². The standard InChI is InChI=1S/C24H17N3O2/c28-27(29)24(18-10-5-2-6-11-18)16-21-20(12-7-14-25-21)23-22(24)19(13-15-26-23)17-8-3-1-4-9-17/h1-15H,16H2. The van der Waals surface area contributed by atoms with Gasteiger partial charge in [0.25, 0.3) is 5.54 Å². The van der Waals surface area contributed by atoms with Gasteiger partial charge >= 0.3 is 0 Å². The number of nitro groups is 1. The normalized spacial score (nSPS) is 17.2. The molecule has 2 aromatic heterocycles. The molecule has 5 nitrogen and oxygen atoms in total. The van der Waals surface area contributed by atoms with Gasteiger partial charge in [-0.15, -0.1) is 0 Å². The van der Waals surface area contributed by atoms with Crippen molar-refractivity contribution in [1.82, 2.24) is 9.97 Å². The van der Waals surface area contributed by atoms with E-state index in [1.165, 1.54) is 0 Å². The van der Waals surface area contributed by atoms with Gasteiger partial charge in [0.2, 0.25) is 0 Å². The van der Waals surface area contributed by atoms with Gasteiger partial charge in [-0.1, -0.05) is 60.7 Å². The van der Waals surface area contributed by atoms with Crippen molar-refractivity contribution in [3.05, 3.63) is 118 Å². The van der Waals surface area contributed by atoms with Crippen molar-refractivity contribution < 1.29 is 4.92 Å². The number of rotatable bonds is 3. The van der Waals surface area contributed by atoms with E-state index in [4.69, 9.17) is 0 Å². The number of hydrogen-bond acceptors (Lipinski definition) is 4. The molecule has 2 heterocycles. The lowest BCUT2D eigenvalue weighted by Crippen LogP contribution is -2.42. The van der Waals surface area contributed by atoms with Gasteiger partial charge in [0, 0.05) is 28.4 Å². The molecular weight excluding hydrogens is 362 g/mol. The molecule has 0 fully saturated rings. The first kappa shape index (κ1) is 17.3. The van der Waals surface area contributed by atoms with Crippen LogP contribution in [0.25, 0.3) is 22.4 Å². The Morgan fingerprint density at radius 2 is 1.52 bits per heavy atom. The molecule has 0 N–H and O–H groups in total. The van der Waals surface area contributed by atoms with E-state index in [2.05, 4.69) is 9.97 Å². The van der Waals surface area contributed by atoms with Crippen LogP contribution in [0.15, 0.2) is 91.3 Å². The second-order valence-corrected chi connectivity index (χ2v) is 7.11. The number of fused-ring (bicyclic) bond motifs is 3. The van der Waals surface area contributed by atoms with Gasteiger partial charge in [-0.2, -0.15) is 0 Å². The largest absolute Gasteiger partial charge is 0.280 e. The van der Waals surface area contributed by atoms with Crippen molar-refractivity contribution in [1.29, 1.82) is 0 Å². The molecule has 4 aromatic rings. The zero-order valence-corrected chi connectivity index (χ0v) is 15.5. The third-order valence-corrected chi connectivity index (χ3v) is 5.58. The zero-order chi connectivity index (χ0) is 19.8. The summed E-state index contributed by atoms with van der Waals surface area (Å²) in [6.07, 6.45) is 3.58. The van der Waals surface area contributed by atoms with Gasteiger partial charge in [0.05, 0.1) is 23.4 Å². The molecule has 29 heavy (non-hydrogen) atoms. The van der Waals surface area contributed by atoms with Crippen LogP contribution in [-0.4, -0.2) is 14.9 Å². The lowest BCUT2D eigenvalue weighted by atomic mass is 9.71. The van der Waals surface area contributed by atoms with Crippen LogP contribution in [0.3, 0.4) is 0 Å². The number of nitrogens with zero attached hydrogens (tertiary/aromatic N) is 3. The minimum atomic E-state index is -1.46. The van der Waals surface area contributed by atoms with Crippen molar-refractivity contribution in [2.24, 2.45) is 0 Å². The van der Waals surface area contributed by atoms with Crippen LogP contribution in [0.2, 0.25) is 0 Å². The minimum Gasteiger partial charge on any atom is -0.263 e. The van der Waals surface area contributed by atoms with Gasteiger partial charge < -0.3 is 0 Å². The SMILES string of the molecule is O=[N+]([O-])C1(c2ccccc2)Cc2ncccc2-c2nccc(-c3ccccc3)c21. The maximum absolute atomic E-state index is 12.8. The monoisotopic (exact) mass is 379 g/mol. The molecule has 0 saturated heterocycles. The molecule has 5 rings (SSSR count). The molecule has 0 amide bonds. The van der Waals surface area contributed by atoms with Crippen LogP contribution in [0.5, 0.6) is 0 Å². The smallest absolute Gasteiger partial charge is 0.263 e. The fourth-order valence-corrected chi connectivity index (χ4v) is 4.29. The van der Waals surface area contributed by atoms with E-state index in [0.717, 1.165) is 16.7 Å². The van der Waals surface area contributed by atoms with E-state index >= 15 is 0 Å². The summed E-state index contributed by atoms with van der Waals surface area (Å²) in [5.41, 5.74) is 3.73. The maximum Gasteiger partial charge on any atom is 0.280 e. The molecule has 0 bridgehead atoms. The lowest BCUT2D eigenvalue weighted by molar-refractivity contribution is -0.566. The summed E-state index contributed by atoms with van der Waals surface area (Å²) in [4.78, 5) is 21.7. The quantitative estimate of drug-likeness (QED) is 0.375. The molecule has 2 aromatic carbocycles. The second kappa shape index (κ2) is 6.63. The predicted molar refractivity (Wildman–Crippen MR) is 111 cm³/mol. The average Bonchev–Trinajstić information content (AvgIpc) is 2.79. The van der Waals surface area contributed by atoms with Gasteiger partial charge in [0.1, 0.15) is 0 Å². The van der Waals surface area contributed by atoms with Crippen molar-refractivity contribution in [2.45, 2.75) is 12.0 Å².